The van der Waals surface area contributed by atoms with Crippen molar-refractivity contribution < 1.29 is 14.3 Å². The molecule has 1 N–H and O–H groups in total. The van der Waals surface area contributed by atoms with E-state index in [1.54, 1.807) is 12.1 Å². The zero-order valence-corrected chi connectivity index (χ0v) is 13.1. The maximum Gasteiger partial charge on any atom is 0.233 e. The van der Waals surface area contributed by atoms with Gasteiger partial charge in [-0.15, -0.1) is 0 Å². The normalized spacial score (nSPS) is 22.4. The number of carbonyl (C=O) groups is 1. The molecular formula is C18H24FNO2. The van der Waals surface area contributed by atoms with E-state index < -0.39 is 5.41 Å². The van der Waals surface area contributed by atoms with Crippen LogP contribution in [0.25, 0.3) is 0 Å². The Morgan fingerprint density at radius 1 is 1.18 bits per heavy atom. The quantitative estimate of drug-likeness (QED) is 0.929. The maximum absolute atomic E-state index is 13.1. The van der Waals surface area contributed by atoms with E-state index in [2.05, 4.69) is 6.92 Å². The summed E-state index contributed by atoms with van der Waals surface area (Å²) < 4.78 is 13.1. The number of hydrogen-bond donors (Lipinski definition) is 1. The summed E-state index contributed by atoms with van der Waals surface area (Å²) in [6.45, 7) is 3.75. The molecule has 22 heavy (non-hydrogen) atoms. The van der Waals surface area contributed by atoms with Crippen molar-refractivity contribution in [1.29, 1.82) is 0 Å². The van der Waals surface area contributed by atoms with E-state index in [0.29, 0.717) is 0 Å². The van der Waals surface area contributed by atoms with Crippen LogP contribution in [0.3, 0.4) is 0 Å². The molecule has 120 valence electrons. The third-order valence-electron chi connectivity index (χ3n) is 5.75. The lowest BCUT2D eigenvalue weighted by Crippen LogP contribution is -2.48. The molecule has 1 heterocycles. The Morgan fingerprint density at radius 3 is 2.23 bits per heavy atom. The highest BCUT2D eigenvalue weighted by molar-refractivity contribution is 5.91. The standard InChI is InChI=1S/C18H24FNO2/c1-2-17(13-21)9-11-20(12-10-17)16(22)18(7-8-18)14-3-5-15(19)6-4-14/h3-6,21H,2,7-13H2,1H3. The van der Waals surface area contributed by atoms with E-state index in [-0.39, 0.29) is 23.7 Å². The van der Waals surface area contributed by atoms with Crippen LogP contribution in [0.1, 0.15) is 44.6 Å². The van der Waals surface area contributed by atoms with E-state index in [4.69, 9.17) is 0 Å². The second-order valence-corrected chi connectivity index (χ2v) is 6.89. The molecule has 2 aliphatic rings. The molecule has 0 atom stereocenters. The van der Waals surface area contributed by atoms with Crippen LogP contribution in [0.4, 0.5) is 4.39 Å². The first-order chi connectivity index (χ1) is 10.6. The number of aliphatic hydroxyl groups is 1. The van der Waals surface area contributed by atoms with Crippen LogP contribution in [0.2, 0.25) is 0 Å². The predicted molar refractivity (Wildman–Crippen MR) is 82.9 cm³/mol. The minimum absolute atomic E-state index is 0.0105. The van der Waals surface area contributed by atoms with Crippen molar-refractivity contribution in [1.82, 2.24) is 4.90 Å². The third-order valence-corrected chi connectivity index (χ3v) is 5.75. The number of piperidine rings is 1. The highest BCUT2D eigenvalue weighted by atomic mass is 19.1. The average molecular weight is 305 g/mol. The summed E-state index contributed by atoms with van der Waals surface area (Å²) in [5.74, 6) is -0.0811. The molecule has 3 rings (SSSR count). The van der Waals surface area contributed by atoms with E-state index in [1.165, 1.54) is 12.1 Å². The fraction of sp³-hybridized carbons (Fsp3) is 0.611. The van der Waals surface area contributed by atoms with E-state index in [9.17, 15) is 14.3 Å². The molecule has 1 aromatic rings. The average Bonchev–Trinajstić information content (AvgIpc) is 3.37. The molecule has 1 aliphatic carbocycles. The Morgan fingerprint density at radius 2 is 1.77 bits per heavy atom. The van der Waals surface area contributed by atoms with Gasteiger partial charge < -0.3 is 10.0 Å². The zero-order chi connectivity index (χ0) is 15.8. The summed E-state index contributed by atoms with van der Waals surface area (Å²) in [6, 6.07) is 6.36. The monoisotopic (exact) mass is 305 g/mol. The van der Waals surface area contributed by atoms with Gasteiger partial charge >= 0.3 is 0 Å². The number of nitrogens with zero attached hydrogens (tertiary/aromatic N) is 1. The number of halogens is 1. The Kier molecular flexibility index (Phi) is 3.98. The lowest BCUT2D eigenvalue weighted by molar-refractivity contribution is -0.137. The Labute approximate surface area is 131 Å². The summed E-state index contributed by atoms with van der Waals surface area (Å²) in [6.07, 6.45) is 4.39. The van der Waals surface area contributed by atoms with Crippen LogP contribution in [-0.2, 0) is 10.2 Å². The summed E-state index contributed by atoms with van der Waals surface area (Å²) in [7, 11) is 0. The van der Waals surface area contributed by atoms with E-state index in [0.717, 1.165) is 50.8 Å². The fourth-order valence-corrected chi connectivity index (χ4v) is 3.63. The van der Waals surface area contributed by atoms with Gasteiger partial charge in [-0.3, -0.25) is 4.79 Å². The van der Waals surface area contributed by atoms with Gasteiger partial charge in [0.05, 0.1) is 5.41 Å². The molecule has 3 nitrogen and oxygen atoms in total. The highest BCUT2D eigenvalue weighted by Crippen LogP contribution is 2.50. The summed E-state index contributed by atoms with van der Waals surface area (Å²) in [5, 5.41) is 9.60. The highest BCUT2D eigenvalue weighted by Gasteiger charge is 2.53. The van der Waals surface area contributed by atoms with Crippen molar-refractivity contribution in [3.63, 3.8) is 0 Å². The number of amides is 1. The lowest BCUT2D eigenvalue weighted by Gasteiger charge is -2.41. The largest absolute Gasteiger partial charge is 0.396 e. The maximum atomic E-state index is 13.1. The van der Waals surface area contributed by atoms with Gasteiger partial charge in [0.2, 0.25) is 5.91 Å². The minimum atomic E-state index is -0.418. The van der Waals surface area contributed by atoms with Gasteiger partial charge in [-0.1, -0.05) is 19.1 Å². The van der Waals surface area contributed by atoms with Crippen molar-refractivity contribution in [2.24, 2.45) is 5.41 Å². The molecule has 0 radical (unpaired) electrons. The lowest BCUT2D eigenvalue weighted by atomic mass is 9.76. The first kappa shape index (κ1) is 15.5. The molecule has 0 spiro atoms. The van der Waals surface area contributed by atoms with Crippen molar-refractivity contribution in [2.45, 2.75) is 44.4 Å². The molecule has 1 aromatic carbocycles. The molecule has 1 saturated heterocycles. The van der Waals surface area contributed by atoms with Gasteiger partial charge in [0.1, 0.15) is 5.82 Å². The molecule has 4 heteroatoms. The molecule has 0 aromatic heterocycles. The fourth-order valence-electron chi connectivity index (χ4n) is 3.63. The molecule has 1 aliphatic heterocycles. The molecule has 0 unspecified atom stereocenters. The van der Waals surface area contributed by atoms with Crippen molar-refractivity contribution in [3.05, 3.63) is 35.6 Å². The second kappa shape index (κ2) is 5.65. The number of carbonyl (C=O) groups excluding carboxylic acids is 1. The molecule has 2 fully saturated rings. The third kappa shape index (κ3) is 2.54. The Bertz CT molecular complexity index is 537. The van der Waals surface area contributed by atoms with E-state index in [1.807, 2.05) is 4.90 Å². The van der Waals surface area contributed by atoms with Gasteiger partial charge in [0, 0.05) is 19.7 Å². The van der Waals surface area contributed by atoms with Crippen molar-refractivity contribution in [2.75, 3.05) is 19.7 Å². The van der Waals surface area contributed by atoms with Gasteiger partial charge in [-0.2, -0.15) is 0 Å². The Balaban J connectivity index is 1.71. The van der Waals surface area contributed by atoms with Crippen LogP contribution in [-0.4, -0.2) is 35.6 Å². The first-order valence-electron chi connectivity index (χ1n) is 8.22. The number of aliphatic hydroxyl groups excluding tert-OH is 1. The summed E-state index contributed by atoms with van der Waals surface area (Å²) >= 11 is 0. The van der Waals surface area contributed by atoms with E-state index >= 15 is 0 Å². The van der Waals surface area contributed by atoms with Crippen LogP contribution in [0.15, 0.2) is 24.3 Å². The van der Waals surface area contributed by atoms with Crippen LogP contribution < -0.4 is 0 Å². The smallest absolute Gasteiger partial charge is 0.233 e. The van der Waals surface area contributed by atoms with Crippen LogP contribution in [0.5, 0.6) is 0 Å². The van der Waals surface area contributed by atoms with Gasteiger partial charge in [0.15, 0.2) is 0 Å². The van der Waals surface area contributed by atoms with Gasteiger partial charge in [-0.05, 0) is 55.2 Å². The summed E-state index contributed by atoms with van der Waals surface area (Å²) in [5.41, 5.74) is 0.510. The first-order valence-corrected chi connectivity index (χ1v) is 8.22. The molecular weight excluding hydrogens is 281 g/mol. The molecule has 1 amide bonds. The van der Waals surface area contributed by atoms with Crippen molar-refractivity contribution >= 4 is 5.91 Å². The molecule has 0 bridgehead atoms. The SMILES string of the molecule is CCC1(CO)CCN(C(=O)C2(c3ccc(F)cc3)CC2)CC1. The number of hydrogen-bond acceptors (Lipinski definition) is 2. The van der Waals surface area contributed by atoms with Crippen LogP contribution in [0, 0.1) is 11.2 Å². The number of benzene rings is 1. The van der Waals surface area contributed by atoms with Gasteiger partial charge in [0.25, 0.3) is 0 Å². The zero-order valence-electron chi connectivity index (χ0n) is 13.1. The number of rotatable bonds is 4. The van der Waals surface area contributed by atoms with Gasteiger partial charge in [-0.25, -0.2) is 4.39 Å². The Hall–Kier alpha value is -1.42. The summed E-state index contributed by atoms with van der Waals surface area (Å²) in [4.78, 5) is 14.9. The predicted octanol–water partition coefficient (Wildman–Crippen LogP) is 2.87. The minimum Gasteiger partial charge on any atom is -0.396 e. The topological polar surface area (TPSA) is 40.5 Å². The van der Waals surface area contributed by atoms with Crippen LogP contribution >= 0.6 is 0 Å². The number of likely N-dealkylation sites (tertiary alicyclic amines) is 1. The molecule has 1 saturated carbocycles. The van der Waals surface area contributed by atoms with Crippen molar-refractivity contribution in [3.8, 4) is 0 Å². The second-order valence-electron chi connectivity index (χ2n) is 6.89.